The van der Waals surface area contributed by atoms with E-state index >= 15 is 0 Å². The topological polar surface area (TPSA) is 54.9 Å². The number of hydrogen-bond donors (Lipinski definition) is 1. The number of amides is 1. The number of rotatable bonds is 5. The maximum absolute atomic E-state index is 12.4. The number of carbonyl (C=O) groups excluding carboxylic acids is 1. The SMILES string of the molecule is CSCC(C)(C)NC(=O)c1sc(-c2cccnc2)nc1Cl. The number of hydrogen-bond acceptors (Lipinski definition) is 5. The van der Waals surface area contributed by atoms with Gasteiger partial charge >= 0.3 is 0 Å². The molecule has 112 valence electrons. The molecule has 1 N–H and O–H groups in total. The largest absolute Gasteiger partial charge is 0.346 e. The van der Waals surface area contributed by atoms with E-state index < -0.39 is 0 Å². The van der Waals surface area contributed by atoms with Crippen molar-refractivity contribution in [2.75, 3.05) is 12.0 Å². The molecule has 0 fully saturated rings. The molecule has 0 saturated heterocycles. The summed E-state index contributed by atoms with van der Waals surface area (Å²) in [6.45, 7) is 3.97. The second kappa shape index (κ2) is 6.77. The molecule has 2 aromatic heterocycles. The third-order valence-electron chi connectivity index (χ3n) is 2.66. The molecule has 0 bridgehead atoms. The Morgan fingerprint density at radius 2 is 2.29 bits per heavy atom. The molecule has 21 heavy (non-hydrogen) atoms. The highest BCUT2D eigenvalue weighted by atomic mass is 35.5. The van der Waals surface area contributed by atoms with Gasteiger partial charge in [-0.15, -0.1) is 11.3 Å². The number of aromatic nitrogens is 2. The molecule has 0 aliphatic rings. The van der Waals surface area contributed by atoms with Crippen LogP contribution >= 0.6 is 34.7 Å². The quantitative estimate of drug-likeness (QED) is 0.900. The van der Waals surface area contributed by atoms with Crippen LogP contribution in [0.5, 0.6) is 0 Å². The van der Waals surface area contributed by atoms with Crippen LogP contribution in [0.25, 0.3) is 10.6 Å². The number of thioether (sulfide) groups is 1. The van der Waals surface area contributed by atoms with E-state index in [1.54, 1.807) is 24.2 Å². The fraction of sp³-hybridized carbons (Fsp3) is 0.357. The summed E-state index contributed by atoms with van der Waals surface area (Å²) in [5.74, 6) is 0.636. The molecule has 0 spiro atoms. The van der Waals surface area contributed by atoms with Crippen molar-refractivity contribution in [1.82, 2.24) is 15.3 Å². The van der Waals surface area contributed by atoms with Crippen molar-refractivity contribution in [3.05, 3.63) is 34.6 Å². The molecule has 0 saturated carbocycles. The van der Waals surface area contributed by atoms with Gasteiger partial charge in [-0.1, -0.05) is 11.6 Å². The first-order valence-electron chi connectivity index (χ1n) is 6.31. The van der Waals surface area contributed by atoms with Gasteiger partial charge in [0.1, 0.15) is 9.88 Å². The van der Waals surface area contributed by atoms with Gasteiger partial charge in [-0.05, 0) is 32.2 Å². The molecule has 0 unspecified atom stereocenters. The van der Waals surface area contributed by atoms with Gasteiger partial charge < -0.3 is 5.32 Å². The molecule has 0 aliphatic heterocycles. The van der Waals surface area contributed by atoms with Crippen LogP contribution in [0.2, 0.25) is 5.15 Å². The van der Waals surface area contributed by atoms with E-state index in [-0.39, 0.29) is 16.6 Å². The van der Waals surface area contributed by atoms with Crippen LogP contribution in [-0.2, 0) is 0 Å². The van der Waals surface area contributed by atoms with Crippen LogP contribution < -0.4 is 5.32 Å². The number of thiazole rings is 1. The Bertz CT molecular complexity index is 628. The Kier molecular flexibility index (Phi) is 5.24. The molecule has 4 nitrogen and oxygen atoms in total. The van der Waals surface area contributed by atoms with E-state index in [0.29, 0.717) is 9.88 Å². The van der Waals surface area contributed by atoms with E-state index in [4.69, 9.17) is 11.6 Å². The summed E-state index contributed by atoms with van der Waals surface area (Å²) in [6, 6.07) is 3.72. The maximum Gasteiger partial charge on any atom is 0.265 e. The fourth-order valence-corrected chi connectivity index (χ4v) is 3.79. The average molecular weight is 342 g/mol. The summed E-state index contributed by atoms with van der Waals surface area (Å²) in [5.41, 5.74) is 0.560. The molecular weight excluding hydrogens is 326 g/mol. The third kappa shape index (κ3) is 4.18. The van der Waals surface area contributed by atoms with Crippen LogP contribution in [0.3, 0.4) is 0 Å². The summed E-state index contributed by atoms with van der Waals surface area (Å²) in [7, 11) is 0. The van der Waals surface area contributed by atoms with Gasteiger partial charge in [-0.3, -0.25) is 9.78 Å². The standard InChI is InChI=1S/C14H16ClN3OS2/c1-14(2,8-20-3)18-12(19)10-11(15)17-13(21-10)9-5-4-6-16-7-9/h4-7H,8H2,1-3H3,(H,18,19). The Morgan fingerprint density at radius 1 is 1.52 bits per heavy atom. The van der Waals surface area contributed by atoms with E-state index in [2.05, 4.69) is 15.3 Å². The lowest BCUT2D eigenvalue weighted by atomic mass is 10.1. The molecule has 7 heteroatoms. The van der Waals surface area contributed by atoms with E-state index in [9.17, 15) is 4.79 Å². The van der Waals surface area contributed by atoms with Crippen molar-refractivity contribution in [3.8, 4) is 10.6 Å². The van der Waals surface area contributed by atoms with Crippen LogP contribution in [0.15, 0.2) is 24.5 Å². The summed E-state index contributed by atoms with van der Waals surface area (Å²) in [6.07, 6.45) is 5.40. The van der Waals surface area contributed by atoms with Crippen LogP contribution in [0.4, 0.5) is 0 Å². The summed E-state index contributed by atoms with van der Waals surface area (Å²) in [4.78, 5) is 21.1. The second-order valence-corrected chi connectivity index (χ2v) is 7.37. The minimum Gasteiger partial charge on any atom is -0.346 e. The van der Waals surface area contributed by atoms with E-state index in [1.165, 1.54) is 11.3 Å². The van der Waals surface area contributed by atoms with Gasteiger partial charge in [-0.2, -0.15) is 11.8 Å². The van der Waals surface area contributed by atoms with Crippen LogP contribution in [-0.4, -0.2) is 33.4 Å². The number of carbonyl (C=O) groups is 1. The molecule has 2 rings (SSSR count). The lowest BCUT2D eigenvalue weighted by molar-refractivity contribution is 0.0925. The van der Waals surface area contributed by atoms with Crippen LogP contribution in [0.1, 0.15) is 23.5 Å². The normalized spacial score (nSPS) is 11.4. The molecule has 2 heterocycles. The van der Waals surface area contributed by atoms with Gasteiger partial charge in [0, 0.05) is 29.2 Å². The lowest BCUT2D eigenvalue weighted by Gasteiger charge is -2.24. The number of pyridine rings is 1. The van der Waals surface area contributed by atoms with Crippen molar-refractivity contribution in [3.63, 3.8) is 0 Å². The highest BCUT2D eigenvalue weighted by molar-refractivity contribution is 7.98. The molecule has 0 aliphatic carbocycles. The second-order valence-electron chi connectivity index (χ2n) is 5.15. The highest BCUT2D eigenvalue weighted by Gasteiger charge is 2.24. The zero-order valence-corrected chi connectivity index (χ0v) is 14.4. The molecule has 1 amide bonds. The predicted molar refractivity (Wildman–Crippen MR) is 90.3 cm³/mol. The van der Waals surface area contributed by atoms with E-state index in [0.717, 1.165) is 11.3 Å². The monoisotopic (exact) mass is 341 g/mol. The summed E-state index contributed by atoms with van der Waals surface area (Å²) >= 11 is 9.07. The average Bonchev–Trinajstić information content (AvgIpc) is 2.81. The Labute approximate surface area is 137 Å². The van der Waals surface area contributed by atoms with Gasteiger partial charge in [0.25, 0.3) is 5.91 Å². The smallest absolute Gasteiger partial charge is 0.265 e. The fourth-order valence-electron chi connectivity index (χ4n) is 1.82. The molecule has 0 aromatic carbocycles. The molecular formula is C14H16ClN3OS2. The Hall–Kier alpha value is -1.11. The molecule has 0 radical (unpaired) electrons. The van der Waals surface area contributed by atoms with Crippen LogP contribution in [0, 0.1) is 0 Å². The van der Waals surface area contributed by atoms with Gasteiger partial charge in [0.2, 0.25) is 0 Å². The minimum atomic E-state index is -0.293. The van der Waals surface area contributed by atoms with Crippen molar-refractivity contribution in [1.29, 1.82) is 0 Å². The first-order chi connectivity index (χ1) is 9.93. The Balaban J connectivity index is 2.21. The van der Waals surface area contributed by atoms with E-state index in [1.807, 2.05) is 32.2 Å². The van der Waals surface area contributed by atoms with Gasteiger partial charge in [-0.25, -0.2) is 4.98 Å². The third-order valence-corrected chi connectivity index (χ3v) is 5.16. The number of nitrogens with zero attached hydrogens (tertiary/aromatic N) is 2. The zero-order chi connectivity index (χ0) is 15.5. The number of nitrogens with one attached hydrogen (secondary N) is 1. The van der Waals surface area contributed by atoms with Crippen molar-refractivity contribution in [2.45, 2.75) is 19.4 Å². The minimum absolute atomic E-state index is 0.188. The molecule has 2 aromatic rings. The van der Waals surface area contributed by atoms with Crippen molar-refractivity contribution >= 4 is 40.6 Å². The first kappa shape index (κ1) is 16.3. The lowest BCUT2D eigenvalue weighted by Crippen LogP contribution is -2.45. The van der Waals surface area contributed by atoms with Crippen molar-refractivity contribution in [2.24, 2.45) is 0 Å². The Morgan fingerprint density at radius 3 is 2.90 bits per heavy atom. The first-order valence-corrected chi connectivity index (χ1v) is 8.90. The molecule has 0 atom stereocenters. The highest BCUT2D eigenvalue weighted by Crippen LogP contribution is 2.30. The van der Waals surface area contributed by atoms with Gasteiger partial charge in [0.05, 0.1) is 0 Å². The van der Waals surface area contributed by atoms with Crippen molar-refractivity contribution < 1.29 is 4.79 Å². The maximum atomic E-state index is 12.4. The van der Waals surface area contributed by atoms with Gasteiger partial charge in [0.15, 0.2) is 5.15 Å². The predicted octanol–water partition coefficient (Wildman–Crippen LogP) is 3.73. The summed E-state index contributed by atoms with van der Waals surface area (Å²) < 4.78 is 0. The summed E-state index contributed by atoms with van der Waals surface area (Å²) in [5, 5.41) is 3.92. The zero-order valence-electron chi connectivity index (χ0n) is 12.0. The number of halogens is 1.